The third-order valence-corrected chi connectivity index (χ3v) is 0. The quantitative estimate of drug-likeness (QED) is 0.212. The fourth-order valence-electron chi connectivity index (χ4n) is 0. The second-order valence-electron chi connectivity index (χ2n) is 13.0. The van der Waals surface area contributed by atoms with Gasteiger partial charge in [0.05, 0.1) is 33.6 Å². The van der Waals surface area contributed by atoms with Gasteiger partial charge in [0.25, 0.3) is 0 Å². The van der Waals surface area contributed by atoms with E-state index in [0.717, 1.165) is 0 Å². The fraction of sp³-hybridized carbons (Fsp3) is 1.00. The Bertz CT molecular complexity index is 254. The van der Waals surface area contributed by atoms with Gasteiger partial charge in [-0.2, -0.15) is 0 Å². The summed E-state index contributed by atoms with van der Waals surface area (Å²) >= 11 is 3.33. The first kappa shape index (κ1) is 50.1. The van der Waals surface area contributed by atoms with Crippen molar-refractivity contribution in [2.75, 3.05) is 0 Å². The van der Waals surface area contributed by atoms with E-state index in [1.54, 1.807) is 157 Å². The summed E-state index contributed by atoms with van der Waals surface area (Å²) in [4.78, 5) is 0. The monoisotopic (exact) mass is 812 g/mol. The van der Waals surface area contributed by atoms with Crippen LogP contribution in [0.4, 0.5) is 0 Å². The molecule has 204 valence electrons. The molecule has 6 N–H and O–H groups in total. The van der Waals surface area contributed by atoms with Crippen molar-refractivity contribution in [3.05, 3.63) is 0 Å². The molecule has 0 amide bonds. The van der Waals surface area contributed by atoms with Gasteiger partial charge in [0, 0.05) is 0 Å². The van der Waals surface area contributed by atoms with Crippen molar-refractivity contribution >= 4 is 0 Å². The van der Waals surface area contributed by atoms with Gasteiger partial charge in [0.2, 0.25) is 0 Å². The van der Waals surface area contributed by atoms with Gasteiger partial charge in [-0.25, -0.2) is 0 Å². The first-order valence-electron chi connectivity index (χ1n) is 10.5. The summed E-state index contributed by atoms with van der Waals surface area (Å²) < 4.78 is 0. The molecular formula is C24H60O6W2. The van der Waals surface area contributed by atoms with Crippen LogP contribution in [0, 0.1) is 0 Å². The standard InChI is InChI=1S/6C4H10O.2W/c6*1-4(2,3)5;;/h6*5H,1-3H3;;. The predicted molar refractivity (Wildman–Crippen MR) is 132 cm³/mol. The van der Waals surface area contributed by atoms with Crippen molar-refractivity contribution < 1.29 is 62.5 Å². The average Bonchev–Trinajstić information content (AvgIpc) is 2.14. The molecule has 32 heavy (non-hydrogen) atoms. The molecule has 6 nitrogen and oxygen atoms in total. The molecule has 0 aromatic carbocycles. The maximum atomic E-state index is 8.52. The second kappa shape index (κ2) is 22.6. The molecule has 0 radical (unpaired) electrons. The minimum absolute atomic E-state index is 0.500. The summed E-state index contributed by atoms with van der Waals surface area (Å²) in [6, 6.07) is 0. The van der Waals surface area contributed by atoms with Crippen LogP contribution in [0.1, 0.15) is 125 Å². The van der Waals surface area contributed by atoms with E-state index >= 15 is 0 Å². The Balaban J connectivity index is -0.0000000461. The van der Waals surface area contributed by atoms with Crippen LogP contribution in [-0.2, 0) is 31.9 Å². The third kappa shape index (κ3) is 21900. The van der Waals surface area contributed by atoms with Crippen molar-refractivity contribution in [1.29, 1.82) is 0 Å². The van der Waals surface area contributed by atoms with Gasteiger partial charge >= 0.3 is 31.9 Å². The van der Waals surface area contributed by atoms with Gasteiger partial charge in [0.1, 0.15) is 0 Å². The van der Waals surface area contributed by atoms with E-state index in [0.29, 0.717) is 0 Å². The first-order valence-corrected chi connectivity index (χ1v) is 21.5. The Hall–Kier alpha value is 1.14. The normalized spacial score (nSPS) is 11.3. The van der Waals surface area contributed by atoms with E-state index in [9.17, 15) is 0 Å². The van der Waals surface area contributed by atoms with Crippen LogP contribution in [0.5, 0.6) is 0 Å². The topological polar surface area (TPSA) is 121 Å². The van der Waals surface area contributed by atoms with Crippen LogP contribution in [-0.4, -0.2) is 64.2 Å². The van der Waals surface area contributed by atoms with Crippen LogP contribution >= 0.6 is 0 Å². The Labute approximate surface area is 219 Å². The predicted octanol–water partition coefficient (Wildman–Crippen LogP) is 4.66. The molecule has 0 unspecified atom stereocenters. The Morgan fingerprint density at radius 3 is 0.250 bits per heavy atom. The number of hydrogen-bond acceptors (Lipinski definition) is 6. The minimum atomic E-state index is -0.500. The molecule has 0 aliphatic rings. The molecule has 0 aliphatic carbocycles. The number of hydrogen-bond donors (Lipinski definition) is 6. The van der Waals surface area contributed by atoms with E-state index in [1.807, 2.05) is 0 Å². The zero-order chi connectivity index (χ0) is 29.0. The molecule has 0 spiro atoms. The van der Waals surface area contributed by atoms with Crippen molar-refractivity contribution in [3.63, 3.8) is 0 Å². The van der Waals surface area contributed by atoms with Crippen molar-refractivity contribution in [3.8, 4) is 0 Å². The molecule has 0 aromatic heterocycles. The molecule has 0 atom stereocenters. The van der Waals surface area contributed by atoms with Crippen LogP contribution in [0.25, 0.3) is 0 Å². The zero-order valence-corrected chi connectivity index (χ0v) is 30.4. The van der Waals surface area contributed by atoms with Gasteiger partial charge in [-0.05, 0) is 125 Å². The molecule has 0 heterocycles. The van der Waals surface area contributed by atoms with Crippen LogP contribution < -0.4 is 0 Å². The first-order chi connectivity index (χ1) is 13.0. The van der Waals surface area contributed by atoms with Crippen LogP contribution in [0.15, 0.2) is 0 Å². The molecule has 0 rings (SSSR count). The third-order valence-electron chi connectivity index (χ3n) is 0. The van der Waals surface area contributed by atoms with E-state index in [4.69, 9.17) is 30.6 Å². The van der Waals surface area contributed by atoms with Gasteiger partial charge < -0.3 is 30.6 Å². The molecule has 0 fully saturated rings. The number of aliphatic hydroxyl groups is 6. The van der Waals surface area contributed by atoms with Crippen LogP contribution in [0.2, 0.25) is 0 Å². The van der Waals surface area contributed by atoms with Gasteiger partial charge in [-0.1, -0.05) is 0 Å². The summed E-state index contributed by atoms with van der Waals surface area (Å²) in [5, 5.41) is 51.1. The Morgan fingerprint density at radius 1 is 0.250 bits per heavy atom. The summed E-state index contributed by atoms with van der Waals surface area (Å²) in [7, 11) is 0. The number of rotatable bonds is 0. The molecule has 0 saturated carbocycles. The molecule has 8 heteroatoms. The summed E-state index contributed by atoms with van der Waals surface area (Å²) in [5.41, 5.74) is -3.00. The summed E-state index contributed by atoms with van der Waals surface area (Å²) in [5.74, 6) is 0. The summed E-state index contributed by atoms with van der Waals surface area (Å²) in [6.07, 6.45) is 0. The van der Waals surface area contributed by atoms with Crippen LogP contribution in [0.3, 0.4) is 0 Å². The fourth-order valence-corrected chi connectivity index (χ4v) is 0. The van der Waals surface area contributed by atoms with Crippen molar-refractivity contribution in [1.82, 2.24) is 0 Å². The maximum absolute atomic E-state index is 8.52. The Morgan fingerprint density at radius 2 is 0.250 bits per heavy atom. The van der Waals surface area contributed by atoms with Crippen molar-refractivity contribution in [2.45, 2.75) is 158 Å². The summed E-state index contributed by atoms with van der Waals surface area (Å²) in [6.45, 7) is 31.4. The van der Waals surface area contributed by atoms with E-state index in [1.165, 1.54) is 0 Å². The Kier molecular flexibility index (Phi) is 35.4. The molecule has 0 bridgehead atoms. The average molecular weight is 812 g/mol. The molecular weight excluding hydrogens is 752 g/mol. The van der Waals surface area contributed by atoms with E-state index in [-0.39, 0.29) is 0 Å². The van der Waals surface area contributed by atoms with E-state index < -0.39 is 33.6 Å². The molecule has 0 saturated heterocycles. The second-order valence-corrected chi connectivity index (χ2v) is 13.0. The molecule has 0 aliphatic heterocycles. The SMILES string of the molecule is CC(C)(C)O.CC(C)(C)O.CC(C)(C)O.CC(C)(C)O.CC(C)(C)O.CC(C)(C)O.[W]#[W]. The zero-order valence-electron chi connectivity index (χ0n) is 24.5. The van der Waals surface area contributed by atoms with Gasteiger partial charge in [-0.15, -0.1) is 0 Å². The van der Waals surface area contributed by atoms with Crippen molar-refractivity contribution in [2.24, 2.45) is 0 Å². The molecule has 0 aromatic rings. The van der Waals surface area contributed by atoms with Gasteiger partial charge in [0.15, 0.2) is 0 Å². The van der Waals surface area contributed by atoms with Gasteiger partial charge in [-0.3, -0.25) is 0 Å². The van der Waals surface area contributed by atoms with E-state index in [2.05, 4.69) is 0 Å².